The molecule has 2 heterocycles. The van der Waals surface area contributed by atoms with Gasteiger partial charge in [-0.05, 0) is 19.8 Å². The third-order valence-corrected chi connectivity index (χ3v) is 7.29. The number of benzene rings is 1. The Bertz CT molecular complexity index is 909. The summed E-state index contributed by atoms with van der Waals surface area (Å²) in [6.45, 7) is 2.62. The Kier molecular flexibility index (Phi) is 5.89. The summed E-state index contributed by atoms with van der Waals surface area (Å²) in [4.78, 5) is 12.6. The molecule has 1 aromatic carbocycles. The van der Waals surface area contributed by atoms with Crippen LogP contribution in [0.15, 0.2) is 24.3 Å². The molecule has 0 unspecified atom stereocenters. The van der Waals surface area contributed by atoms with Gasteiger partial charge in [-0.2, -0.15) is 17.0 Å². The van der Waals surface area contributed by atoms with Gasteiger partial charge in [0.25, 0.3) is 10.2 Å². The molecule has 1 aliphatic heterocycles. The van der Waals surface area contributed by atoms with Gasteiger partial charge in [0.1, 0.15) is 5.01 Å². The van der Waals surface area contributed by atoms with Crippen molar-refractivity contribution >= 4 is 32.6 Å². The number of nitrogens with one attached hydrogen (secondary N) is 1. The minimum Gasteiger partial charge on any atom is -0.300 e. The van der Waals surface area contributed by atoms with Crippen LogP contribution in [0.5, 0.6) is 0 Å². The van der Waals surface area contributed by atoms with E-state index in [0.29, 0.717) is 24.5 Å². The molecule has 0 spiro atoms. The van der Waals surface area contributed by atoms with Crippen molar-refractivity contribution in [3.05, 3.63) is 29.8 Å². The fourth-order valence-electron chi connectivity index (χ4n) is 2.89. The maximum atomic E-state index is 12.6. The molecule has 0 radical (unpaired) electrons. The van der Waals surface area contributed by atoms with Crippen LogP contribution in [0, 0.1) is 12.8 Å². The topological polar surface area (TPSA) is 95.5 Å². The third kappa shape index (κ3) is 4.52. The molecule has 2 aromatic rings. The number of piperidine rings is 1. The summed E-state index contributed by atoms with van der Waals surface area (Å²) < 4.78 is 27.1. The number of carbonyl (C=O) groups excluding carboxylic acids is 1. The second-order valence-electron chi connectivity index (χ2n) is 6.75. The number of carbonyl (C=O) groups is 1. The van der Waals surface area contributed by atoms with Gasteiger partial charge in [-0.25, -0.2) is 0 Å². The Morgan fingerprint density at radius 1 is 1.26 bits per heavy atom. The van der Waals surface area contributed by atoms with Crippen LogP contribution in [0.2, 0.25) is 0 Å². The van der Waals surface area contributed by atoms with E-state index in [1.54, 1.807) is 0 Å². The van der Waals surface area contributed by atoms with E-state index < -0.39 is 16.1 Å². The summed E-state index contributed by atoms with van der Waals surface area (Å²) in [5.74, 6) is -0.625. The highest BCUT2D eigenvalue weighted by Crippen LogP contribution is 2.28. The van der Waals surface area contributed by atoms with Crippen LogP contribution in [0.1, 0.15) is 18.4 Å². The lowest BCUT2D eigenvalue weighted by molar-refractivity contribution is -0.120. The Hall–Kier alpha value is -1.88. The second-order valence-corrected chi connectivity index (χ2v) is 9.87. The summed E-state index contributed by atoms with van der Waals surface area (Å²) in [5.41, 5.74) is 2.10. The number of nitrogens with zero attached hydrogens (tertiary/aromatic N) is 4. The van der Waals surface area contributed by atoms with E-state index in [2.05, 4.69) is 15.5 Å². The van der Waals surface area contributed by atoms with E-state index in [-0.39, 0.29) is 12.5 Å². The SMILES string of the molecule is Cc1ccc(-c2nnc(NC(=O)[C@H]3CCCN(S(=O)(=O)N(C)C)C3)s2)cc1. The molecule has 8 nitrogen and oxygen atoms in total. The molecule has 1 saturated heterocycles. The molecule has 10 heteroatoms. The predicted octanol–water partition coefficient (Wildman–Crippen LogP) is 1.97. The first-order valence-electron chi connectivity index (χ1n) is 8.66. The fraction of sp³-hybridized carbons (Fsp3) is 0.471. The first-order chi connectivity index (χ1) is 12.8. The van der Waals surface area contributed by atoms with E-state index in [9.17, 15) is 13.2 Å². The molecule has 1 atom stereocenters. The number of anilines is 1. The highest BCUT2D eigenvalue weighted by atomic mass is 32.2. The fourth-order valence-corrected chi connectivity index (χ4v) is 4.83. The van der Waals surface area contributed by atoms with Crippen molar-refractivity contribution in [3.8, 4) is 10.6 Å². The minimum absolute atomic E-state index is 0.177. The van der Waals surface area contributed by atoms with Gasteiger partial charge in [-0.1, -0.05) is 41.2 Å². The third-order valence-electron chi connectivity index (χ3n) is 4.50. The lowest BCUT2D eigenvalue weighted by atomic mass is 9.99. The molecule has 1 amide bonds. The summed E-state index contributed by atoms with van der Waals surface area (Å²) in [6.07, 6.45) is 1.30. The average molecular weight is 410 g/mol. The van der Waals surface area contributed by atoms with Gasteiger partial charge < -0.3 is 5.32 Å². The summed E-state index contributed by atoms with van der Waals surface area (Å²) >= 11 is 1.30. The van der Waals surface area contributed by atoms with Crippen molar-refractivity contribution < 1.29 is 13.2 Å². The number of amides is 1. The molecule has 1 aliphatic rings. The Morgan fingerprint density at radius 2 is 1.96 bits per heavy atom. The van der Waals surface area contributed by atoms with Gasteiger partial charge in [0, 0.05) is 32.7 Å². The number of rotatable bonds is 5. The first kappa shape index (κ1) is 19.9. The van der Waals surface area contributed by atoms with E-state index in [1.165, 1.54) is 34.0 Å². The summed E-state index contributed by atoms with van der Waals surface area (Å²) in [7, 11) is -0.528. The normalized spacial score (nSPS) is 18.6. The Balaban J connectivity index is 1.66. The van der Waals surface area contributed by atoms with Crippen molar-refractivity contribution in [3.63, 3.8) is 0 Å². The van der Waals surface area contributed by atoms with E-state index >= 15 is 0 Å². The number of aryl methyl sites for hydroxylation is 1. The summed E-state index contributed by atoms with van der Waals surface area (Å²) in [5, 5.41) is 12.1. The molecule has 0 aliphatic carbocycles. The Morgan fingerprint density at radius 3 is 2.63 bits per heavy atom. The monoisotopic (exact) mass is 409 g/mol. The van der Waals surface area contributed by atoms with Crippen LogP contribution in [-0.2, 0) is 15.0 Å². The molecule has 1 fully saturated rings. The molecule has 1 N–H and O–H groups in total. The molecule has 0 bridgehead atoms. The van der Waals surface area contributed by atoms with Gasteiger partial charge in [0.15, 0.2) is 0 Å². The number of aromatic nitrogens is 2. The second kappa shape index (κ2) is 8.01. The molecule has 146 valence electrons. The quantitative estimate of drug-likeness (QED) is 0.815. The lowest BCUT2D eigenvalue weighted by Gasteiger charge is -2.32. The van der Waals surface area contributed by atoms with Gasteiger partial charge in [0.05, 0.1) is 5.92 Å². The van der Waals surface area contributed by atoms with Crippen molar-refractivity contribution in [2.75, 3.05) is 32.5 Å². The molecule has 1 aromatic heterocycles. The summed E-state index contributed by atoms with van der Waals surface area (Å²) in [6, 6.07) is 7.92. The standard InChI is InChI=1S/C17H23N5O3S2/c1-12-6-8-13(9-7-12)16-19-20-17(26-16)18-15(23)14-5-4-10-22(11-14)27(24,25)21(2)3/h6-9,14H,4-5,10-11H2,1-3H3,(H,18,20,23)/t14-/m0/s1. The molecule has 27 heavy (non-hydrogen) atoms. The van der Waals surface area contributed by atoms with E-state index in [4.69, 9.17) is 0 Å². The molecular formula is C17H23N5O3S2. The van der Waals surface area contributed by atoms with Gasteiger partial charge in [-0.3, -0.25) is 4.79 Å². The zero-order valence-electron chi connectivity index (χ0n) is 15.5. The first-order valence-corrected chi connectivity index (χ1v) is 10.9. The van der Waals surface area contributed by atoms with Crippen LogP contribution in [0.3, 0.4) is 0 Å². The van der Waals surface area contributed by atoms with Crippen molar-refractivity contribution in [2.45, 2.75) is 19.8 Å². The van der Waals surface area contributed by atoms with Crippen molar-refractivity contribution in [1.82, 2.24) is 18.8 Å². The van der Waals surface area contributed by atoms with Crippen molar-refractivity contribution in [2.24, 2.45) is 5.92 Å². The molecular weight excluding hydrogens is 386 g/mol. The van der Waals surface area contributed by atoms with Crippen LogP contribution >= 0.6 is 11.3 Å². The zero-order valence-corrected chi connectivity index (χ0v) is 17.2. The predicted molar refractivity (Wildman–Crippen MR) is 106 cm³/mol. The zero-order chi connectivity index (χ0) is 19.6. The number of hydrogen-bond donors (Lipinski definition) is 1. The van der Waals surface area contributed by atoms with Crippen molar-refractivity contribution in [1.29, 1.82) is 0 Å². The van der Waals surface area contributed by atoms with Crippen LogP contribution in [-0.4, -0.2) is 60.3 Å². The smallest absolute Gasteiger partial charge is 0.281 e. The van der Waals surface area contributed by atoms with Gasteiger partial charge >= 0.3 is 0 Å². The van der Waals surface area contributed by atoms with Crippen LogP contribution in [0.25, 0.3) is 10.6 Å². The van der Waals surface area contributed by atoms with Gasteiger partial charge in [0.2, 0.25) is 11.0 Å². The molecule has 0 saturated carbocycles. The van der Waals surface area contributed by atoms with Crippen LogP contribution in [0.4, 0.5) is 5.13 Å². The van der Waals surface area contributed by atoms with Gasteiger partial charge in [-0.15, -0.1) is 10.2 Å². The van der Waals surface area contributed by atoms with E-state index in [1.807, 2.05) is 31.2 Å². The van der Waals surface area contributed by atoms with Crippen LogP contribution < -0.4 is 5.32 Å². The minimum atomic E-state index is -3.51. The maximum Gasteiger partial charge on any atom is 0.281 e. The highest BCUT2D eigenvalue weighted by Gasteiger charge is 2.33. The molecule has 3 rings (SSSR count). The largest absolute Gasteiger partial charge is 0.300 e. The Labute approximate surface area is 163 Å². The number of hydrogen-bond acceptors (Lipinski definition) is 6. The van der Waals surface area contributed by atoms with E-state index in [0.717, 1.165) is 16.1 Å². The maximum absolute atomic E-state index is 12.6. The average Bonchev–Trinajstić information content (AvgIpc) is 3.10. The highest BCUT2D eigenvalue weighted by molar-refractivity contribution is 7.86. The lowest BCUT2D eigenvalue weighted by Crippen LogP contribution is -2.47.